The van der Waals surface area contributed by atoms with Gasteiger partial charge >= 0.3 is 10.4 Å². The zero-order chi connectivity index (χ0) is 57.5. The molecule has 79 heavy (non-hydrogen) atoms. The van der Waals surface area contributed by atoms with Crippen molar-refractivity contribution in [2.45, 2.75) is 391 Å². The minimum atomic E-state index is -5.09. The van der Waals surface area contributed by atoms with Crippen LogP contribution in [-0.4, -0.2) is 95.4 Å². The molecule has 470 valence electrons. The summed E-state index contributed by atoms with van der Waals surface area (Å²) in [5, 5.41) is 45.1. The summed E-state index contributed by atoms with van der Waals surface area (Å²) in [7, 11) is -5.09. The van der Waals surface area contributed by atoms with Crippen molar-refractivity contribution in [2.75, 3.05) is 13.2 Å². The van der Waals surface area contributed by atoms with E-state index < -0.39 is 59.9 Å². The van der Waals surface area contributed by atoms with Crippen LogP contribution < -0.4 is 5.32 Å². The smallest absolute Gasteiger partial charge is 0.394 e. The van der Waals surface area contributed by atoms with Crippen molar-refractivity contribution < 1.29 is 51.8 Å². The van der Waals surface area contributed by atoms with E-state index in [0.29, 0.717) is 6.42 Å². The Balaban J connectivity index is 2.25. The number of allylic oxidation sites excluding steroid dienone is 1. The summed E-state index contributed by atoms with van der Waals surface area (Å²) in [6, 6.07) is -0.941. The first-order valence-electron chi connectivity index (χ1n) is 34.1. The van der Waals surface area contributed by atoms with Gasteiger partial charge in [0.2, 0.25) is 5.91 Å². The van der Waals surface area contributed by atoms with Gasteiger partial charge in [0.05, 0.1) is 25.4 Å². The number of ether oxygens (including phenoxy) is 2. The van der Waals surface area contributed by atoms with Crippen LogP contribution in [0.1, 0.15) is 348 Å². The van der Waals surface area contributed by atoms with Gasteiger partial charge in [0.1, 0.15) is 24.4 Å². The van der Waals surface area contributed by atoms with Crippen molar-refractivity contribution in [1.29, 1.82) is 0 Å². The SMILES string of the molecule is CCCCCCCCCCCCCCCCCCCCCC/C=C/C(O)C(COC1OC(CO)C(O)C(OS(=O)(=O)O)C1O)NC(=O)CCCCCCCCCCCCCCCCCCCCCCCCCCCCCCCC. The van der Waals surface area contributed by atoms with Crippen molar-refractivity contribution in [3.05, 3.63) is 12.2 Å². The molecule has 7 unspecified atom stereocenters. The third kappa shape index (κ3) is 47.8. The fourth-order valence-electron chi connectivity index (χ4n) is 11.3. The van der Waals surface area contributed by atoms with Crippen LogP contribution in [0.4, 0.5) is 0 Å². The number of carbonyl (C=O) groups excluding carboxylic acids is 1. The molecule has 13 heteroatoms. The van der Waals surface area contributed by atoms with Crippen LogP contribution in [0.3, 0.4) is 0 Å². The highest BCUT2D eigenvalue weighted by Crippen LogP contribution is 2.26. The molecule has 0 radical (unpaired) electrons. The molecule has 12 nitrogen and oxygen atoms in total. The lowest BCUT2D eigenvalue weighted by atomic mass is 9.99. The van der Waals surface area contributed by atoms with E-state index in [4.69, 9.17) is 9.47 Å². The highest BCUT2D eigenvalue weighted by Gasteiger charge is 2.48. The average molecular weight is 1140 g/mol. The molecule has 1 saturated heterocycles. The number of unbranched alkanes of at least 4 members (excludes halogenated alkanes) is 49. The molecule has 7 atom stereocenters. The minimum Gasteiger partial charge on any atom is -0.394 e. The summed E-state index contributed by atoms with van der Waals surface area (Å²) in [6.45, 7) is 3.46. The van der Waals surface area contributed by atoms with Gasteiger partial charge in [-0.15, -0.1) is 0 Å². The van der Waals surface area contributed by atoms with Crippen molar-refractivity contribution in [2.24, 2.45) is 0 Å². The zero-order valence-electron chi connectivity index (χ0n) is 51.5. The molecule has 1 amide bonds. The van der Waals surface area contributed by atoms with Gasteiger partial charge in [-0.05, 0) is 19.3 Å². The molecular weight excluding hydrogens is 1010 g/mol. The number of hydrogen-bond donors (Lipinski definition) is 6. The molecule has 0 aromatic rings. The number of nitrogens with one attached hydrogen (secondary N) is 1. The monoisotopic (exact) mass is 1140 g/mol. The predicted molar refractivity (Wildman–Crippen MR) is 329 cm³/mol. The van der Waals surface area contributed by atoms with Crippen molar-refractivity contribution in [1.82, 2.24) is 5.32 Å². The first-order chi connectivity index (χ1) is 38.5. The van der Waals surface area contributed by atoms with Crippen molar-refractivity contribution in [3.63, 3.8) is 0 Å². The van der Waals surface area contributed by atoms with Crippen LogP contribution in [0.15, 0.2) is 12.2 Å². The Kier molecular flexibility index (Phi) is 53.8. The van der Waals surface area contributed by atoms with Crippen LogP contribution in [0.5, 0.6) is 0 Å². The highest BCUT2D eigenvalue weighted by molar-refractivity contribution is 7.80. The Bertz CT molecular complexity index is 1440. The van der Waals surface area contributed by atoms with E-state index in [-0.39, 0.29) is 18.9 Å². The molecule has 0 saturated carbocycles. The number of aliphatic hydroxyl groups is 4. The largest absolute Gasteiger partial charge is 0.397 e. The first-order valence-corrected chi connectivity index (χ1v) is 35.4. The highest BCUT2D eigenvalue weighted by atomic mass is 32.3. The summed E-state index contributed by atoms with van der Waals surface area (Å²) < 4.78 is 48.0. The third-order valence-electron chi connectivity index (χ3n) is 16.6. The number of carbonyl (C=O) groups is 1. The molecule has 0 aromatic heterocycles. The van der Waals surface area contributed by atoms with E-state index in [1.807, 2.05) is 6.08 Å². The molecule has 1 fully saturated rings. The predicted octanol–water partition coefficient (Wildman–Crippen LogP) is 17.4. The van der Waals surface area contributed by atoms with Crippen LogP contribution >= 0.6 is 0 Å². The summed E-state index contributed by atoms with van der Waals surface area (Å²) in [4.78, 5) is 13.2. The molecule has 1 rings (SSSR count). The maximum Gasteiger partial charge on any atom is 0.397 e. The van der Waals surface area contributed by atoms with E-state index in [0.717, 1.165) is 38.5 Å². The molecule has 0 spiro atoms. The number of aliphatic hydroxyl groups excluding tert-OH is 4. The number of amides is 1. The second-order valence-corrected chi connectivity index (χ2v) is 25.2. The number of rotatable bonds is 61. The van der Waals surface area contributed by atoms with Gasteiger partial charge < -0.3 is 35.2 Å². The Hall–Kier alpha value is -1.16. The lowest BCUT2D eigenvalue weighted by Gasteiger charge is -2.41. The van der Waals surface area contributed by atoms with E-state index in [9.17, 15) is 38.2 Å². The second kappa shape index (κ2) is 56.0. The van der Waals surface area contributed by atoms with Gasteiger partial charge in [0.15, 0.2) is 6.29 Å². The Morgan fingerprint density at radius 1 is 0.494 bits per heavy atom. The van der Waals surface area contributed by atoms with E-state index in [1.54, 1.807) is 6.08 Å². The molecule has 6 N–H and O–H groups in total. The Morgan fingerprint density at radius 2 is 0.797 bits per heavy atom. The minimum absolute atomic E-state index is 0.253. The van der Waals surface area contributed by atoms with Crippen molar-refractivity contribution in [3.8, 4) is 0 Å². The van der Waals surface area contributed by atoms with E-state index >= 15 is 0 Å². The summed E-state index contributed by atoms with van der Waals surface area (Å²) >= 11 is 0. The molecule has 0 aromatic carbocycles. The maximum atomic E-state index is 13.2. The molecular formula is C66H129NO11S. The molecule has 0 aliphatic carbocycles. The normalized spacial score (nSPS) is 18.7. The van der Waals surface area contributed by atoms with Gasteiger partial charge in [0.25, 0.3) is 0 Å². The van der Waals surface area contributed by atoms with Gasteiger partial charge in [-0.1, -0.05) is 334 Å². The van der Waals surface area contributed by atoms with Crippen LogP contribution in [-0.2, 0) is 28.9 Å². The average Bonchev–Trinajstić information content (AvgIpc) is 3.44. The van der Waals surface area contributed by atoms with Crippen LogP contribution in [0, 0.1) is 0 Å². The van der Waals surface area contributed by atoms with Gasteiger partial charge in [-0.3, -0.25) is 9.35 Å². The van der Waals surface area contributed by atoms with Gasteiger partial charge in [-0.2, -0.15) is 8.42 Å². The lowest BCUT2D eigenvalue weighted by Crippen LogP contribution is -2.61. The third-order valence-corrected chi connectivity index (χ3v) is 17.0. The summed E-state index contributed by atoms with van der Waals surface area (Å²) in [5.74, 6) is -0.253. The van der Waals surface area contributed by atoms with Crippen LogP contribution in [0.2, 0.25) is 0 Å². The zero-order valence-corrected chi connectivity index (χ0v) is 52.3. The molecule has 1 heterocycles. The summed E-state index contributed by atoms with van der Waals surface area (Å²) in [6.07, 6.45) is 61.4. The fourth-order valence-corrected chi connectivity index (χ4v) is 11.9. The molecule has 1 aliphatic rings. The Labute approximate surface area is 487 Å². The van der Waals surface area contributed by atoms with Gasteiger partial charge in [-0.25, -0.2) is 4.18 Å². The summed E-state index contributed by atoms with van der Waals surface area (Å²) in [5.41, 5.74) is 0. The number of hydrogen-bond acceptors (Lipinski definition) is 10. The lowest BCUT2D eigenvalue weighted by molar-refractivity contribution is -0.298. The fraction of sp³-hybridized carbons (Fsp3) is 0.955. The molecule has 0 bridgehead atoms. The quantitative estimate of drug-likeness (QED) is 0.0193. The first kappa shape index (κ1) is 75.9. The Morgan fingerprint density at radius 3 is 1.10 bits per heavy atom. The van der Waals surface area contributed by atoms with Gasteiger partial charge in [0, 0.05) is 6.42 Å². The van der Waals surface area contributed by atoms with Crippen LogP contribution in [0.25, 0.3) is 0 Å². The van der Waals surface area contributed by atoms with Crippen molar-refractivity contribution >= 4 is 16.3 Å². The molecule has 1 aliphatic heterocycles. The second-order valence-electron chi connectivity index (χ2n) is 24.1. The standard InChI is InChI=1S/C66H129NO11S/c1-3-5-7-9-11-13-15-17-19-21-23-25-27-28-29-30-31-32-33-34-36-38-40-42-44-46-48-50-52-54-56-62(70)67-59(58-76-66-64(72)65(78-79(73,74)75)63(71)61(57-68)77-66)60(69)55-53-51-49-47-45-43-41-39-37-35-26-24-22-20-18-16-14-12-10-8-6-4-2/h53,55,59-61,63-66,68-69,71-72H,3-52,54,56-58H2,1-2H3,(H,67,70)(H,73,74,75)/b55-53+. The maximum absolute atomic E-state index is 13.2. The van der Waals surface area contributed by atoms with E-state index in [2.05, 4.69) is 23.3 Å². The van der Waals surface area contributed by atoms with E-state index in [1.165, 1.54) is 283 Å². The topological polar surface area (TPSA) is 192 Å².